The number of aryl methyl sites for hydroxylation is 2. The summed E-state index contributed by atoms with van der Waals surface area (Å²) in [4.78, 5) is 26.4. The first-order valence-corrected chi connectivity index (χ1v) is 12.2. The number of fused-ring (bicyclic) bond motifs is 4. The molecule has 0 saturated carbocycles. The Labute approximate surface area is 213 Å². The largest absolute Gasteiger partial charge is 0.454 e. The summed E-state index contributed by atoms with van der Waals surface area (Å²) in [6, 6.07) is 19.8. The maximum Gasteiger partial charge on any atom is 0.291 e. The lowest BCUT2D eigenvalue weighted by atomic mass is 10.1. The summed E-state index contributed by atoms with van der Waals surface area (Å²) in [6.07, 6.45) is 1.68. The number of ether oxygens (including phenoxy) is 2. The summed E-state index contributed by atoms with van der Waals surface area (Å²) in [5, 5.41) is 8.96. The third-order valence-corrected chi connectivity index (χ3v) is 6.83. The molecule has 0 spiro atoms. The first-order chi connectivity index (χ1) is 18.0. The van der Waals surface area contributed by atoms with Crippen molar-refractivity contribution >= 4 is 27.7 Å². The monoisotopic (exact) mass is 494 g/mol. The lowest BCUT2D eigenvalue weighted by Gasteiger charge is -2.12. The van der Waals surface area contributed by atoms with Gasteiger partial charge in [0.2, 0.25) is 12.7 Å². The quantitative estimate of drug-likeness (QED) is 0.385. The Bertz CT molecular complexity index is 1730. The molecule has 1 aliphatic heterocycles. The van der Waals surface area contributed by atoms with Crippen molar-refractivity contribution in [1.29, 1.82) is 0 Å². The minimum atomic E-state index is -0.302. The average Bonchev–Trinajstić information content (AvgIpc) is 3.49. The standard InChI is InChI=1S/C29H26N4O4/c1-18-7-8-19(2)21(11-18)15-32-24-6-4-3-5-22(24)23-14-31-33(29(35)28(23)32)16-27(34)30-13-20-9-10-25-26(12-20)37-17-36-25/h3-12,14H,13,15-17H2,1-2H3,(H,30,34). The molecule has 3 aromatic carbocycles. The number of para-hydroxylation sites is 1. The highest BCUT2D eigenvalue weighted by molar-refractivity contribution is 6.07. The van der Waals surface area contributed by atoms with Crippen LogP contribution in [-0.4, -0.2) is 27.0 Å². The summed E-state index contributed by atoms with van der Waals surface area (Å²) in [5.74, 6) is 1.05. The second-order valence-electron chi connectivity index (χ2n) is 9.37. The van der Waals surface area contributed by atoms with E-state index < -0.39 is 0 Å². The normalized spacial score (nSPS) is 12.4. The van der Waals surface area contributed by atoms with Crippen molar-refractivity contribution in [3.8, 4) is 11.5 Å². The summed E-state index contributed by atoms with van der Waals surface area (Å²) in [7, 11) is 0. The Hall–Kier alpha value is -4.59. The summed E-state index contributed by atoms with van der Waals surface area (Å²) < 4.78 is 14.0. The molecule has 0 fully saturated rings. The van der Waals surface area contributed by atoms with Crippen LogP contribution in [0.4, 0.5) is 0 Å². The fourth-order valence-electron chi connectivity index (χ4n) is 4.85. The molecule has 1 aliphatic rings. The number of nitrogens with zero attached hydrogens (tertiary/aromatic N) is 3. The van der Waals surface area contributed by atoms with Crippen molar-refractivity contribution in [2.75, 3.05) is 6.79 Å². The molecule has 0 bridgehead atoms. The molecule has 0 radical (unpaired) electrons. The van der Waals surface area contributed by atoms with Crippen LogP contribution >= 0.6 is 0 Å². The van der Waals surface area contributed by atoms with Gasteiger partial charge >= 0.3 is 0 Å². The number of nitrogens with one attached hydrogen (secondary N) is 1. The van der Waals surface area contributed by atoms with Crippen LogP contribution in [0.5, 0.6) is 11.5 Å². The number of amides is 1. The van der Waals surface area contributed by atoms with Gasteiger partial charge in [-0.05, 0) is 48.7 Å². The van der Waals surface area contributed by atoms with Gasteiger partial charge in [-0.25, -0.2) is 4.68 Å². The Morgan fingerprint density at radius 2 is 1.84 bits per heavy atom. The van der Waals surface area contributed by atoms with Gasteiger partial charge in [-0.1, -0.05) is 48.0 Å². The van der Waals surface area contributed by atoms with Crippen LogP contribution in [0.1, 0.15) is 22.3 Å². The molecular weight excluding hydrogens is 468 g/mol. The molecule has 3 heterocycles. The average molecular weight is 495 g/mol. The third-order valence-electron chi connectivity index (χ3n) is 6.83. The zero-order valence-electron chi connectivity index (χ0n) is 20.7. The van der Waals surface area contributed by atoms with Crippen molar-refractivity contribution < 1.29 is 14.3 Å². The molecule has 8 nitrogen and oxygen atoms in total. The van der Waals surface area contributed by atoms with Gasteiger partial charge in [-0.15, -0.1) is 0 Å². The second-order valence-corrected chi connectivity index (χ2v) is 9.37. The van der Waals surface area contributed by atoms with Crippen molar-refractivity contribution in [2.45, 2.75) is 33.5 Å². The van der Waals surface area contributed by atoms with Gasteiger partial charge in [-0.2, -0.15) is 5.10 Å². The first-order valence-electron chi connectivity index (χ1n) is 12.2. The van der Waals surface area contributed by atoms with Crippen LogP contribution in [0.2, 0.25) is 0 Å². The van der Waals surface area contributed by atoms with Crippen molar-refractivity contribution in [2.24, 2.45) is 0 Å². The molecule has 37 heavy (non-hydrogen) atoms. The van der Waals surface area contributed by atoms with E-state index in [-0.39, 0.29) is 24.8 Å². The molecule has 2 aromatic heterocycles. The van der Waals surface area contributed by atoms with Crippen LogP contribution in [-0.2, 0) is 24.4 Å². The predicted molar refractivity (Wildman–Crippen MR) is 141 cm³/mol. The fourth-order valence-corrected chi connectivity index (χ4v) is 4.85. The molecule has 1 amide bonds. The maximum atomic E-state index is 13.7. The van der Waals surface area contributed by atoms with E-state index >= 15 is 0 Å². The summed E-state index contributed by atoms with van der Waals surface area (Å²) >= 11 is 0. The smallest absolute Gasteiger partial charge is 0.291 e. The van der Waals surface area contributed by atoms with E-state index in [2.05, 4.69) is 42.5 Å². The second kappa shape index (κ2) is 9.13. The molecule has 6 rings (SSSR count). The van der Waals surface area contributed by atoms with E-state index in [1.807, 2.05) is 47.0 Å². The molecular formula is C29H26N4O4. The minimum Gasteiger partial charge on any atom is -0.454 e. The minimum absolute atomic E-state index is 0.176. The zero-order chi connectivity index (χ0) is 25.5. The van der Waals surface area contributed by atoms with Gasteiger partial charge in [0, 0.05) is 29.4 Å². The molecule has 1 N–H and O–H groups in total. The highest BCUT2D eigenvalue weighted by atomic mass is 16.7. The van der Waals surface area contributed by atoms with E-state index in [4.69, 9.17) is 9.47 Å². The highest BCUT2D eigenvalue weighted by Crippen LogP contribution is 2.32. The summed E-state index contributed by atoms with van der Waals surface area (Å²) in [6.45, 7) is 5.01. The van der Waals surface area contributed by atoms with Crippen LogP contribution in [0, 0.1) is 13.8 Å². The lowest BCUT2D eigenvalue weighted by molar-refractivity contribution is -0.122. The number of benzene rings is 3. The first kappa shape index (κ1) is 22.8. The maximum absolute atomic E-state index is 13.7. The van der Waals surface area contributed by atoms with Gasteiger partial charge in [0.25, 0.3) is 5.56 Å². The lowest BCUT2D eigenvalue weighted by Crippen LogP contribution is -2.33. The number of carbonyl (C=O) groups is 1. The van der Waals surface area contributed by atoms with Gasteiger partial charge in [0.05, 0.1) is 6.20 Å². The zero-order valence-corrected chi connectivity index (χ0v) is 20.7. The van der Waals surface area contributed by atoms with Gasteiger partial charge < -0.3 is 19.4 Å². The fraction of sp³-hybridized carbons (Fsp3) is 0.207. The number of hydrogen-bond acceptors (Lipinski definition) is 5. The molecule has 5 aromatic rings. The van der Waals surface area contributed by atoms with E-state index in [1.54, 1.807) is 6.20 Å². The predicted octanol–water partition coefficient (Wildman–Crippen LogP) is 4.06. The van der Waals surface area contributed by atoms with Gasteiger partial charge in [0.1, 0.15) is 12.1 Å². The molecule has 0 unspecified atom stereocenters. The van der Waals surface area contributed by atoms with E-state index in [0.717, 1.165) is 33.0 Å². The number of carbonyl (C=O) groups excluding carboxylic acids is 1. The molecule has 186 valence electrons. The van der Waals surface area contributed by atoms with E-state index in [1.165, 1.54) is 10.2 Å². The third kappa shape index (κ3) is 4.20. The summed E-state index contributed by atoms with van der Waals surface area (Å²) in [5.41, 5.74) is 5.56. The van der Waals surface area contributed by atoms with Crippen LogP contribution < -0.4 is 20.3 Å². The van der Waals surface area contributed by atoms with Crippen LogP contribution in [0.3, 0.4) is 0 Å². The van der Waals surface area contributed by atoms with Crippen LogP contribution in [0.15, 0.2) is 71.7 Å². The number of rotatable bonds is 6. The van der Waals surface area contributed by atoms with Crippen molar-refractivity contribution in [3.63, 3.8) is 0 Å². The van der Waals surface area contributed by atoms with Crippen LogP contribution in [0.25, 0.3) is 21.8 Å². The highest BCUT2D eigenvalue weighted by Gasteiger charge is 2.18. The number of hydrogen-bond donors (Lipinski definition) is 1. The Morgan fingerprint density at radius 3 is 2.73 bits per heavy atom. The van der Waals surface area contributed by atoms with E-state index in [0.29, 0.717) is 30.1 Å². The van der Waals surface area contributed by atoms with Crippen molar-refractivity contribution in [3.05, 3.63) is 99.5 Å². The van der Waals surface area contributed by atoms with Gasteiger partial charge in [0.15, 0.2) is 11.5 Å². The Balaban J connectivity index is 1.31. The van der Waals surface area contributed by atoms with Gasteiger partial charge in [-0.3, -0.25) is 9.59 Å². The van der Waals surface area contributed by atoms with E-state index in [9.17, 15) is 9.59 Å². The Morgan fingerprint density at radius 1 is 1.00 bits per heavy atom. The number of aromatic nitrogens is 3. The topological polar surface area (TPSA) is 87.4 Å². The SMILES string of the molecule is Cc1ccc(C)c(Cn2c3ccccc3c3cnn(CC(=O)NCc4ccc5c(c4)OCO5)c(=O)c32)c1. The molecule has 0 aliphatic carbocycles. The molecule has 8 heteroatoms. The molecule has 0 atom stereocenters. The van der Waals surface area contributed by atoms with Crippen molar-refractivity contribution in [1.82, 2.24) is 19.7 Å². The Kier molecular flexibility index (Phi) is 5.64. The molecule has 0 saturated heterocycles.